The Morgan fingerprint density at radius 2 is 2.18 bits per heavy atom. The molecule has 0 radical (unpaired) electrons. The lowest BCUT2D eigenvalue weighted by Gasteiger charge is -2.18. The molecule has 0 fully saturated rings. The van der Waals surface area contributed by atoms with Crippen molar-refractivity contribution in [2.24, 2.45) is 5.92 Å². The number of hydrogen-bond donors (Lipinski definition) is 2. The predicted molar refractivity (Wildman–Crippen MR) is 59.6 cm³/mol. The van der Waals surface area contributed by atoms with Gasteiger partial charge in [-0.3, -0.25) is 9.89 Å². The lowest BCUT2D eigenvalue weighted by atomic mass is 10.1. The summed E-state index contributed by atoms with van der Waals surface area (Å²) >= 11 is 0. The summed E-state index contributed by atoms with van der Waals surface area (Å²) in [5.74, 6) is -0.844. The molecule has 96 valence electrons. The van der Waals surface area contributed by atoms with Crippen LogP contribution in [0.4, 0.5) is 0 Å². The fourth-order valence-electron chi connectivity index (χ4n) is 1.21. The molecular formula is C9H15N3O4S. The van der Waals surface area contributed by atoms with Crippen molar-refractivity contribution in [3.05, 3.63) is 12.3 Å². The Morgan fingerprint density at radius 3 is 2.59 bits per heavy atom. The predicted octanol–water partition coefficient (Wildman–Crippen LogP) is -0.114. The molecule has 1 aromatic rings. The molecule has 1 heterocycles. The zero-order valence-electron chi connectivity index (χ0n) is 9.80. The minimum Gasteiger partial charge on any atom is -0.468 e. The summed E-state index contributed by atoms with van der Waals surface area (Å²) in [7, 11) is -2.57. The number of H-pyrrole nitrogens is 1. The van der Waals surface area contributed by atoms with Gasteiger partial charge in [0.25, 0.3) is 10.0 Å². The highest BCUT2D eigenvalue weighted by molar-refractivity contribution is 7.89. The number of carbonyl (C=O) groups excluding carboxylic acids is 1. The number of nitrogens with one attached hydrogen (secondary N) is 2. The molecule has 0 spiro atoms. The van der Waals surface area contributed by atoms with Crippen LogP contribution in [0, 0.1) is 5.92 Å². The first kappa shape index (κ1) is 13.7. The van der Waals surface area contributed by atoms with E-state index in [1.54, 1.807) is 13.8 Å². The maximum absolute atomic E-state index is 11.8. The Kier molecular flexibility index (Phi) is 4.24. The van der Waals surface area contributed by atoms with Crippen molar-refractivity contribution in [2.75, 3.05) is 7.11 Å². The summed E-state index contributed by atoms with van der Waals surface area (Å²) in [4.78, 5) is 11.4. The molecule has 0 aromatic carbocycles. The van der Waals surface area contributed by atoms with Gasteiger partial charge in [-0.2, -0.15) is 9.82 Å². The van der Waals surface area contributed by atoms with Crippen molar-refractivity contribution in [3.63, 3.8) is 0 Å². The van der Waals surface area contributed by atoms with Crippen LogP contribution in [0.15, 0.2) is 17.3 Å². The highest BCUT2D eigenvalue weighted by Gasteiger charge is 2.29. The molecular weight excluding hydrogens is 246 g/mol. The van der Waals surface area contributed by atoms with Gasteiger partial charge in [-0.1, -0.05) is 13.8 Å². The van der Waals surface area contributed by atoms with E-state index < -0.39 is 22.0 Å². The Morgan fingerprint density at radius 1 is 1.53 bits per heavy atom. The molecule has 1 atom stereocenters. The van der Waals surface area contributed by atoms with E-state index in [1.807, 2.05) is 0 Å². The fraction of sp³-hybridized carbons (Fsp3) is 0.556. The van der Waals surface area contributed by atoms with Crippen LogP contribution in [-0.2, 0) is 19.6 Å². The quantitative estimate of drug-likeness (QED) is 0.720. The summed E-state index contributed by atoms with van der Waals surface area (Å²) in [5.41, 5.74) is 0. The lowest BCUT2D eigenvalue weighted by molar-refractivity contribution is -0.143. The van der Waals surface area contributed by atoms with Gasteiger partial charge >= 0.3 is 5.97 Å². The van der Waals surface area contributed by atoms with Gasteiger partial charge in [0, 0.05) is 0 Å². The van der Waals surface area contributed by atoms with E-state index in [0.29, 0.717) is 0 Å². The molecule has 0 aliphatic carbocycles. The van der Waals surface area contributed by atoms with Gasteiger partial charge in [-0.05, 0) is 12.0 Å². The largest absolute Gasteiger partial charge is 0.468 e. The normalized spacial score (nSPS) is 13.6. The third kappa shape index (κ3) is 3.27. The second kappa shape index (κ2) is 5.28. The van der Waals surface area contributed by atoms with Crippen LogP contribution in [0.1, 0.15) is 13.8 Å². The minimum absolute atomic E-state index is 0.0907. The van der Waals surface area contributed by atoms with Crippen LogP contribution in [-0.4, -0.2) is 37.7 Å². The third-order valence-electron chi connectivity index (χ3n) is 2.17. The van der Waals surface area contributed by atoms with Crippen LogP contribution >= 0.6 is 0 Å². The van der Waals surface area contributed by atoms with Gasteiger partial charge < -0.3 is 4.74 Å². The SMILES string of the molecule is COC(=O)[C@@H](NS(=O)(=O)c1ccn[nH]1)C(C)C. The second-order valence-electron chi connectivity index (χ2n) is 3.79. The first-order chi connectivity index (χ1) is 7.88. The number of rotatable bonds is 5. The number of hydrogen-bond acceptors (Lipinski definition) is 5. The number of aromatic nitrogens is 2. The van der Waals surface area contributed by atoms with Crippen molar-refractivity contribution in [1.29, 1.82) is 0 Å². The molecule has 0 amide bonds. The average Bonchev–Trinajstić information content (AvgIpc) is 2.78. The van der Waals surface area contributed by atoms with Crippen molar-refractivity contribution in [1.82, 2.24) is 14.9 Å². The molecule has 0 aliphatic heterocycles. The number of methoxy groups -OCH3 is 1. The third-order valence-corrected chi connectivity index (χ3v) is 3.54. The van der Waals surface area contributed by atoms with Crippen LogP contribution in [0.3, 0.4) is 0 Å². The molecule has 1 rings (SSSR count). The molecule has 2 N–H and O–H groups in total. The fourth-order valence-corrected chi connectivity index (χ4v) is 2.45. The Hall–Kier alpha value is -1.41. The molecule has 1 aromatic heterocycles. The van der Waals surface area contributed by atoms with Crippen LogP contribution in [0.2, 0.25) is 0 Å². The van der Waals surface area contributed by atoms with Gasteiger partial charge in [-0.25, -0.2) is 8.42 Å². The van der Waals surface area contributed by atoms with Gasteiger partial charge in [0.15, 0.2) is 5.03 Å². The molecule has 0 saturated carbocycles. The molecule has 17 heavy (non-hydrogen) atoms. The van der Waals surface area contributed by atoms with E-state index in [0.717, 1.165) is 0 Å². The van der Waals surface area contributed by atoms with E-state index in [-0.39, 0.29) is 10.9 Å². The van der Waals surface area contributed by atoms with E-state index in [4.69, 9.17) is 0 Å². The van der Waals surface area contributed by atoms with Gasteiger partial charge in [-0.15, -0.1) is 0 Å². The lowest BCUT2D eigenvalue weighted by Crippen LogP contribution is -2.45. The molecule has 8 heteroatoms. The van der Waals surface area contributed by atoms with Crippen molar-refractivity contribution in [2.45, 2.75) is 24.9 Å². The molecule has 0 aliphatic rings. The maximum atomic E-state index is 11.8. The van der Waals surface area contributed by atoms with Crippen LogP contribution in [0.5, 0.6) is 0 Å². The van der Waals surface area contributed by atoms with Gasteiger partial charge in [0.1, 0.15) is 6.04 Å². The molecule has 0 unspecified atom stereocenters. The molecule has 0 bridgehead atoms. The highest BCUT2D eigenvalue weighted by atomic mass is 32.2. The summed E-state index contributed by atoms with van der Waals surface area (Å²) in [5, 5.41) is 5.78. The summed E-state index contributed by atoms with van der Waals surface area (Å²) < 4.78 is 30.5. The van der Waals surface area contributed by atoms with E-state index in [2.05, 4.69) is 19.7 Å². The molecule has 7 nitrogen and oxygen atoms in total. The average molecular weight is 261 g/mol. The number of sulfonamides is 1. The zero-order valence-corrected chi connectivity index (χ0v) is 10.6. The monoisotopic (exact) mass is 261 g/mol. The topological polar surface area (TPSA) is 101 Å². The smallest absolute Gasteiger partial charge is 0.324 e. The van der Waals surface area contributed by atoms with E-state index in [1.165, 1.54) is 19.4 Å². The highest BCUT2D eigenvalue weighted by Crippen LogP contribution is 2.09. The maximum Gasteiger partial charge on any atom is 0.324 e. The summed E-state index contributed by atoms with van der Waals surface area (Å²) in [6.07, 6.45) is 1.32. The standard InChI is InChI=1S/C9H15N3O4S/c1-6(2)8(9(13)16-3)12-17(14,15)7-4-5-10-11-7/h4-6,8,12H,1-3H3,(H,10,11)/t8-/m0/s1. The number of ether oxygens (including phenoxy) is 1. The molecule has 0 saturated heterocycles. The summed E-state index contributed by atoms with van der Waals surface area (Å²) in [6.45, 7) is 3.44. The number of aromatic amines is 1. The van der Waals surface area contributed by atoms with E-state index >= 15 is 0 Å². The Labute approximate surface area is 99.6 Å². The first-order valence-corrected chi connectivity index (χ1v) is 6.46. The van der Waals surface area contributed by atoms with Crippen LogP contribution in [0.25, 0.3) is 0 Å². The van der Waals surface area contributed by atoms with Gasteiger partial charge in [0.2, 0.25) is 0 Å². The second-order valence-corrected chi connectivity index (χ2v) is 5.47. The van der Waals surface area contributed by atoms with Crippen molar-refractivity contribution in [3.8, 4) is 0 Å². The van der Waals surface area contributed by atoms with Crippen LogP contribution < -0.4 is 4.72 Å². The minimum atomic E-state index is -3.79. The number of esters is 1. The van der Waals surface area contributed by atoms with Gasteiger partial charge in [0.05, 0.1) is 13.3 Å². The Balaban J connectivity index is 2.92. The summed E-state index contributed by atoms with van der Waals surface area (Å²) in [6, 6.07) is 0.380. The number of carbonyl (C=O) groups is 1. The van der Waals surface area contributed by atoms with Crippen molar-refractivity contribution >= 4 is 16.0 Å². The number of nitrogens with zero attached hydrogens (tertiary/aromatic N) is 1. The zero-order chi connectivity index (χ0) is 13.1. The van der Waals surface area contributed by atoms with E-state index in [9.17, 15) is 13.2 Å². The van der Waals surface area contributed by atoms with Crippen molar-refractivity contribution < 1.29 is 17.9 Å². The Bertz CT molecular complexity index is 466. The first-order valence-electron chi connectivity index (χ1n) is 4.98.